The molecule has 0 aliphatic rings. The maximum absolute atomic E-state index is 12.9. The molecule has 0 radical (unpaired) electrons. The number of furan rings is 1. The van der Waals surface area contributed by atoms with Gasteiger partial charge >= 0.3 is 5.97 Å². The van der Waals surface area contributed by atoms with Crippen molar-refractivity contribution in [3.63, 3.8) is 0 Å². The highest BCUT2D eigenvalue weighted by atomic mass is 32.1. The summed E-state index contributed by atoms with van der Waals surface area (Å²) in [4.78, 5) is 29.8. The van der Waals surface area contributed by atoms with E-state index in [1.807, 2.05) is 12.1 Å². The Balaban J connectivity index is 1.42. The van der Waals surface area contributed by atoms with E-state index in [0.717, 1.165) is 5.56 Å². The molecule has 0 N–H and O–H groups in total. The molecule has 3 heterocycles. The van der Waals surface area contributed by atoms with E-state index in [1.54, 1.807) is 69.7 Å². The van der Waals surface area contributed by atoms with Crippen LogP contribution >= 0.6 is 11.3 Å². The van der Waals surface area contributed by atoms with Gasteiger partial charge in [0.2, 0.25) is 4.96 Å². The lowest BCUT2D eigenvalue weighted by Crippen LogP contribution is -2.23. The van der Waals surface area contributed by atoms with E-state index in [4.69, 9.17) is 18.6 Å². The molecule has 5 rings (SSSR count). The fourth-order valence-corrected chi connectivity index (χ4v) is 4.52. The van der Waals surface area contributed by atoms with Crippen LogP contribution in [-0.4, -0.2) is 41.4 Å². The zero-order chi connectivity index (χ0) is 25.2. The Morgan fingerprint density at radius 2 is 1.78 bits per heavy atom. The largest absolute Gasteiger partial charge is 0.493 e. The van der Waals surface area contributed by atoms with E-state index in [9.17, 15) is 9.59 Å². The lowest BCUT2D eigenvalue weighted by Gasteiger charge is -2.07. The number of aromatic nitrogens is 3. The Morgan fingerprint density at radius 3 is 2.47 bits per heavy atom. The number of hydrogen-bond acceptors (Lipinski definition) is 9. The molecule has 0 aliphatic carbocycles. The second-order valence-corrected chi connectivity index (χ2v) is 8.62. The number of esters is 1. The summed E-state index contributed by atoms with van der Waals surface area (Å²) in [5, 5.41) is 4.38. The van der Waals surface area contributed by atoms with Crippen LogP contribution in [0.25, 0.3) is 33.7 Å². The van der Waals surface area contributed by atoms with Crippen LogP contribution < -0.4 is 19.6 Å². The van der Waals surface area contributed by atoms with Gasteiger partial charge in [0, 0.05) is 17.2 Å². The molecule has 5 aromatic rings. The second-order valence-electron chi connectivity index (χ2n) is 7.62. The van der Waals surface area contributed by atoms with Crippen LogP contribution in [0, 0.1) is 0 Å². The van der Waals surface area contributed by atoms with Crippen LogP contribution in [0.1, 0.15) is 23.0 Å². The highest BCUT2D eigenvalue weighted by Gasteiger charge is 2.15. The summed E-state index contributed by atoms with van der Waals surface area (Å²) < 4.78 is 23.2. The quantitative estimate of drug-likeness (QED) is 0.309. The van der Waals surface area contributed by atoms with Gasteiger partial charge in [0.15, 0.2) is 17.3 Å². The summed E-state index contributed by atoms with van der Waals surface area (Å²) in [6.45, 7) is 2.08. The van der Waals surface area contributed by atoms with Gasteiger partial charge in [-0.25, -0.2) is 4.79 Å². The predicted octanol–water partition coefficient (Wildman–Crippen LogP) is 3.82. The van der Waals surface area contributed by atoms with Crippen LogP contribution in [0.2, 0.25) is 0 Å². The van der Waals surface area contributed by atoms with E-state index in [1.165, 1.54) is 15.9 Å². The Kier molecular flexibility index (Phi) is 6.26. The van der Waals surface area contributed by atoms with Gasteiger partial charge in [0.05, 0.1) is 26.4 Å². The standard InChI is InChI=1S/C26H21N3O6S/c1-4-34-25(31)16-7-5-15(6-8-16)19-12-10-18(35-19)14-22-24(30)29-26(36-22)27-23(28-29)17-9-11-20(32-2)21(13-17)33-3/h5-14H,4H2,1-3H3/b22-14-. The molecule has 0 aliphatic heterocycles. The molecular weight excluding hydrogens is 482 g/mol. The van der Waals surface area contributed by atoms with Crippen molar-refractivity contribution in [3.8, 4) is 34.2 Å². The number of fused-ring (bicyclic) bond motifs is 1. The number of nitrogens with zero attached hydrogens (tertiary/aromatic N) is 3. The summed E-state index contributed by atoms with van der Waals surface area (Å²) >= 11 is 1.22. The molecule has 36 heavy (non-hydrogen) atoms. The molecule has 0 saturated carbocycles. The lowest BCUT2D eigenvalue weighted by atomic mass is 10.1. The van der Waals surface area contributed by atoms with Crippen molar-refractivity contribution < 1.29 is 23.4 Å². The van der Waals surface area contributed by atoms with Crippen molar-refractivity contribution >= 4 is 28.3 Å². The average Bonchev–Trinajstić information content (AvgIpc) is 3.61. The van der Waals surface area contributed by atoms with Crippen molar-refractivity contribution in [1.82, 2.24) is 14.6 Å². The molecule has 0 fully saturated rings. The maximum Gasteiger partial charge on any atom is 0.338 e. The first-order valence-corrected chi connectivity index (χ1v) is 11.8. The number of hydrogen-bond donors (Lipinski definition) is 0. The van der Waals surface area contributed by atoms with Crippen LogP contribution in [0.3, 0.4) is 0 Å². The number of benzene rings is 2. The zero-order valence-corrected chi connectivity index (χ0v) is 20.5. The Bertz CT molecular complexity index is 1670. The molecule has 2 aromatic carbocycles. The second kappa shape index (κ2) is 9.67. The minimum absolute atomic E-state index is 0.286. The molecule has 182 valence electrons. The van der Waals surface area contributed by atoms with Crippen molar-refractivity contribution in [2.24, 2.45) is 0 Å². The van der Waals surface area contributed by atoms with Gasteiger partial charge in [-0.2, -0.15) is 9.50 Å². The van der Waals surface area contributed by atoms with E-state index < -0.39 is 0 Å². The van der Waals surface area contributed by atoms with Gasteiger partial charge in [0.25, 0.3) is 5.56 Å². The minimum atomic E-state index is -0.369. The molecule has 9 nitrogen and oxygen atoms in total. The Labute approximate surface area is 209 Å². The van der Waals surface area contributed by atoms with Crippen molar-refractivity contribution in [1.29, 1.82) is 0 Å². The van der Waals surface area contributed by atoms with Gasteiger partial charge in [-0.3, -0.25) is 4.79 Å². The molecule has 10 heteroatoms. The number of carbonyl (C=O) groups is 1. The summed E-state index contributed by atoms with van der Waals surface area (Å²) in [5.74, 6) is 2.31. The molecule has 3 aromatic heterocycles. The van der Waals surface area contributed by atoms with Crippen LogP contribution in [0.5, 0.6) is 11.5 Å². The highest BCUT2D eigenvalue weighted by molar-refractivity contribution is 7.15. The number of carbonyl (C=O) groups excluding carboxylic acids is 1. The summed E-state index contributed by atoms with van der Waals surface area (Å²) in [7, 11) is 3.12. The molecular formula is C26H21N3O6S. The minimum Gasteiger partial charge on any atom is -0.493 e. The molecule has 0 saturated heterocycles. The number of ether oxygens (including phenoxy) is 3. The van der Waals surface area contributed by atoms with Crippen LogP contribution in [-0.2, 0) is 4.74 Å². The van der Waals surface area contributed by atoms with E-state index in [0.29, 0.717) is 56.1 Å². The zero-order valence-electron chi connectivity index (χ0n) is 19.7. The van der Waals surface area contributed by atoms with E-state index in [-0.39, 0.29) is 11.5 Å². The Morgan fingerprint density at radius 1 is 1.03 bits per heavy atom. The molecule has 0 atom stereocenters. The first-order chi connectivity index (χ1) is 17.5. The topological polar surface area (TPSA) is 105 Å². The van der Waals surface area contributed by atoms with Crippen LogP contribution in [0.4, 0.5) is 0 Å². The summed E-state index contributed by atoms with van der Waals surface area (Å²) in [6.07, 6.45) is 1.66. The first-order valence-electron chi connectivity index (χ1n) is 11.0. The van der Waals surface area contributed by atoms with Gasteiger partial charge in [-0.05, 0) is 49.4 Å². The normalized spacial score (nSPS) is 11.7. The van der Waals surface area contributed by atoms with E-state index >= 15 is 0 Å². The maximum atomic E-state index is 12.9. The van der Waals surface area contributed by atoms with E-state index in [2.05, 4.69) is 10.1 Å². The predicted molar refractivity (Wildman–Crippen MR) is 135 cm³/mol. The molecule has 0 bridgehead atoms. The average molecular weight is 504 g/mol. The lowest BCUT2D eigenvalue weighted by molar-refractivity contribution is 0.0526. The van der Waals surface area contributed by atoms with Crippen molar-refractivity contribution in [2.75, 3.05) is 20.8 Å². The van der Waals surface area contributed by atoms with Crippen LogP contribution in [0.15, 0.2) is 63.8 Å². The van der Waals surface area contributed by atoms with Gasteiger partial charge in [-0.15, -0.1) is 5.10 Å². The van der Waals surface area contributed by atoms with Crippen molar-refractivity contribution in [2.45, 2.75) is 6.92 Å². The van der Waals surface area contributed by atoms with Crippen molar-refractivity contribution in [3.05, 3.63) is 80.8 Å². The SMILES string of the molecule is CCOC(=O)c1ccc(-c2ccc(/C=c3\sc4nc(-c5ccc(OC)c(OC)c5)nn4c3=O)o2)cc1. The fourth-order valence-electron chi connectivity index (χ4n) is 3.63. The molecule has 0 unspecified atom stereocenters. The summed E-state index contributed by atoms with van der Waals surface area (Å²) in [5.41, 5.74) is 1.69. The monoisotopic (exact) mass is 503 g/mol. The van der Waals surface area contributed by atoms with Gasteiger partial charge in [-0.1, -0.05) is 23.5 Å². The smallest absolute Gasteiger partial charge is 0.338 e. The third kappa shape index (κ3) is 4.34. The first kappa shape index (κ1) is 23.3. The Hall–Kier alpha value is -4.44. The molecule has 0 amide bonds. The molecule has 0 spiro atoms. The van der Waals surface area contributed by atoms with Gasteiger partial charge in [0.1, 0.15) is 16.1 Å². The number of methoxy groups -OCH3 is 2. The third-order valence-corrected chi connectivity index (χ3v) is 6.36. The highest BCUT2D eigenvalue weighted by Crippen LogP contribution is 2.31. The van der Waals surface area contributed by atoms with Gasteiger partial charge < -0.3 is 18.6 Å². The summed E-state index contributed by atoms with van der Waals surface area (Å²) in [6, 6.07) is 15.9. The number of rotatable bonds is 7. The number of thiazole rings is 1. The third-order valence-electron chi connectivity index (χ3n) is 5.40. The fraction of sp³-hybridized carbons (Fsp3) is 0.154.